The maximum Gasteiger partial charge on any atom is 0.231 e. The molecule has 3 heteroatoms. The first-order chi connectivity index (χ1) is 10.6. The minimum absolute atomic E-state index is 0.104. The number of fused-ring (bicyclic) bond motifs is 1. The van der Waals surface area contributed by atoms with Crippen LogP contribution in [-0.2, 0) is 10.2 Å². The fraction of sp³-hybridized carbons (Fsp3) is 0.316. The zero-order valence-corrected chi connectivity index (χ0v) is 13.7. The molecule has 3 rings (SSSR count). The van der Waals surface area contributed by atoms with E-state index in [4.69, 9.17) is 11.6 Å². The number of hydrogen-bond acceptors (Lipinski definition) is 1. The summed E-state index contributed by atoms with van der Waals surface area (Å²) in [5.41, 5.74) is 2.99. The van der Waals surface area contributed by atoms with Crippen LogP contribution in [0.1, 0.15) is 49.4 Å². The van der Waals surface area contributed by atoms with Gasteiger partial charge in [0.15, 0.2) is 0 Å². The summed E-state index contributed by atoms with van der Waals surface area (Å²) < 4.78 is 0. The average Bonchev–Trinajstić information content (AvgIpc) is 2.56. The third-order valence-corrected chi connectivity index (χ3v) is 5.16. The lowest BCUT2D eigenvalue weighted by Crippen LogP contribution is -2.50. The fourth-order valence-corrected chi connectivity index (χ4v) is 3.65. The molecule has 114 valence electrons. The average molecular weight is 314 g/mol. The highest BCUT2D eigenvalue weighted by Gasteiger charge is 2.44. The Labute approximate surface area is 136 Å². The topological polar surface area (TPSA) is 29.1 Å². The second kappa shape index (κ2) is 5.77. The van der Waals surface area contributed by atoms with Crippen LogP contribution in [0.3, 0.4) is 0 Å². The summed E-state index contributed by atoms with van der Waals surface area (Å²) in [4.78, 5) is 12.9. The van der Waals surface area contributed by atoms with Crippen molar-refractivity contribution in [3.63, 3.8) is 0 Å². The summed E-state index contributed by atoms with van der Waals surface area (Å²) in [6, 6.07) is 15.9. The van der Waals surface area contributed by atoms with Crippen LogP contribution in [0.15, 0.2) is 48.5 Å². The summed E-state index contributed by atoms with van der Waals surface area (Å²) in [5, 5.41) is 3.92. The molecule has 2 aromatic carbocycles. The number of rotatable bonds is 3. The SMILES string of the molecule is CCC1(CC)C(=O)NC(c2ccc(Cl)cc2)c2ccccc21. The molecule has 1 aliphatic heterocycles. The Balaban J connectivity index is 2.16. The molecule has 0 aromatic heterocycles. The van der Waals surface area contributed by atoms with Crippen LogP contribution < -0.4 is 5.32 Å². The molecule has 2 nitrogen and oxygen atoms in total. The van der Waals surface area contributed by atoms with Crippen molar-refractivity contribution in [2.75, 3.05) is 0 Å². The van der Waals surface area contributed by atoms with Gasteiger partial charge in [0.05, 0.1) is 11.5 Å². The zero-order chi connectivity index (χ0) is 15.7. The first kappa shape index (κ1) is 15.1. The van der Waals surface area contributed by atoms with Crippen LogP contribution in [0.5, 0.6) is 0 Å². The van der Waals surface area contributed by atoms with Crippen molar-refractivity contribution in [3.05, 3.63) is 70.2 Å². The second-order valence-corrected chi connectivity index (χ2v) is 6.27. The highest BCUT2D eigenvalue weighted by Crippen LogP contribution is 2.42. The molecule has 1 aliphatic rings. The van der Waals surface area contributed by atoms with E-state index in [2.05, 4.69) is 31.3 Å². The van der Waals surface area contributed by atoms with E-state index in [9.17, 15) is 4.79 Å². The van der Waals surface area contributed by atoms with Gasteiger partial charge >= 0.3 is 0 Å². The quantitative estimate of drug-likeness (QED) is 0.880. The van der Waals surface area contributed by atoms with Gasteiger partial charge in [0, 0.05) is 5.02 Å². The minimum Gasteiger partial charge on any atom is -0.344 e. The summed E-state index contributed by atoms with van der Waals surface area (Å²) in [5.74, 6) is 0.121. The standard InChI is InChI=1S/C19H20ClNO/c1-3-19(4-2)16-8-6-5-7-15(16)17(21-18(19)22)13-9-11-14(20)12-10-13/h5-12,17H,3-4H2,1-2H3,(H,21,22). The molecule has 0 saturated heterocycles. The number of carbonyl (C=O) groups excluding carboxylic acids is 1. The van der Waals surface area contributed by atoms with Crippen LogP contribution >= 0.6 is 11.6 Å². The zero-order valence-electron chi connectivity index (χ0n) is 12.9. The van der Waals surface area contributed by atoms with Crippen LogP contribution in [0.25, 0.3) is 0 Å². The van der Waals surface area contributed by atoms with Gasteiger partial charge in [0.2, 0.25) is 5.91 Å². The molecule has 1 heterocycles. The van der Waals surface area contributed by atoms with Gasteiger partial charge in [-0.1, -0.05) is 61.8 Å². The smallest absolute Gasteiger partial charge is 0.231 e. The lowest BCUT2D eigenvalue weighted by molar-refractivity contribution is -0.128. The van der Waals surface area contributed by atoms with E-state index >= 15 is 0 Å². The summed E-state index contributed by atoms with van der Waals surface area (Å²) in [6.07, 6.45) is 1.61. The molecule has 0 bridgehead atoms. The number of nitrogens with one attached hydrogen (secondary N) is 1. The fourth-order valence-electron chi connectivity index (χ4n) is 3.52. The third-order valence-electron chi connectivity index (χ3n) is 4.91. The molecule has 1 amide bonds. The molecule has 0 spiro atoms. The molecule has 22 heavy (non-hydrogen) atoms. The van der Waals surface area contributed by atoms with Gasteiger partial charge in [-0.15, -0.1) is 0 Å². The molecule has 0 radical (unpaired) electrons. The van der Waals surface area contributed by atoms with E-state index in [1.807, 2.05) is 36.4 Å². The first-order valence-corrected chi connectivity index (χ1v) is 8.16. The molecule has 0 aliphatic carbocycles. The number of carbonyl (C=O) groups is 1. The second-order valence-electron chi connectivity index (χ2n) is 5.83. The number of amides is 1. The first-order valence-electron chi connectivity index (χ1n) is 7.78. The van der Waals surface area contributed by atoms with Crippen LogP contribution in [0.4, 0.5) is 0 Å². The molecule has 1 unspecified atom stereocenters. The van der Waals surface area contributed by atoms with Gasteiger partial charge in [-0.05, 0) is 41.7 Å². The van der Waals surface area contributed by atoms with Crippen molar-refractivity contribution in [3.8, 4) is 0 Å². The van der Waals surface area contributed by atoms with Crippen LogP contribution in [-0.4, -0.2) is 5.91 Å². The Hall–Kier alpha value is -1.80. The lowest BCUT2D eigenvalue weighted by Gasteiger charge is -2.40. The van der Waals surface area contributed by atoms with Crippen LogP contribution in [0, 0.1) is 0 Å². The van der Waals surface area contributed by atoms with Crippen LogP contribution in [0.2, 0.25) is 5.02 Å². The summed E-state index contributed by atoms with van der Waals surface area (Å²) >= 11 is 5.98. The maximum absolute atomic E-state index is 12.9. The van der Waals surface area contributed by atoms with E-state index in [0.29, 0.717) is 5.02 Å². The predicted molar refractivity (Wildman–Crippen MR) is 90.1 cm³/mol. The molecular weight excluding hydrogens is 294 g/mol. The van der Waals surface area contributed by atoms with E-state index in [-0.39, 0.29) is 11.9 Å². The predicted octanol–water partition coefficient (Wildman–Crippen LogP) is 4.62. The van der Waals surface area contributed by atoms with Crippen molar-refractivity contribution in [2.45, 2.75) is 38.1 Å². The van der Waals surface area contributed by atoms with E-state index in [1.165, 1.54) is 5.56 Å². The highest BCUT2D eigenvalue weighted by molar-refractivity contribution is 6.30. The van der Waals surface area contributed by atoms with Crippen molar-refractivity contribution < 1.29 is 4.79 Å². The third kappa shape index (κ3) is 2.22. The molecule has 0 fully saturated rings. The summed E-state index contributed by atoms with van der Waals surface area (Å²) in [6.45, 7) is 4.17. The van der Waals surface area contributed by atoms with Crippen molar-refractivity contribution in [2.24, 2.45) is 0 Å². The van der Waals surface area contributed by atoms with E-state index < -0.39 is 5.41 Å². The van der Waals surface area contributed by atoms with Gasteiger partial charge < -0.3 is 5.32 Å². The Morgan fingerprint density at radius 2 is 1.68 bits per heavy atom. The normalized spacial score (nSPS) is 19.4. The van der Waals surface area contributed by atoms with Gasteiger partial charge in [-0.25, -0.2) is 0 Å². The van der Waals surface area contributed by atoms with Gasteiger partial charge in [-0.3, -0.25) is 4.79 Å². The Morgan fingerprint density at radius 1 is 1.05 bits per heavy atom. The Bertz CT molecular complexity index is 689. The van der Waals surface area contributed by atoms with Crippen molar-refractivity contribution in [1.29, 1.82) is 0 Å². The van der Waals surface area contributed by atoms with Gasteiger partial charge in [0.25, 0.3) is 0 Å². The van der Waals surface area contributed by atoms with Gasteiger partial charge in [-0.2, -0.15) is 0 Å². The van der Waals surface area contributed by atoms with Crippen molar-refractivity contribution in [1.82, 2.24) is 5.32 Å². The Morgan fingerprint density at radius 3 is 2.32 bits per heavy atom. The molecule has 2 aromatic rings. The highest BCUT2D eigenvalue weighted by atomic mass is 35.5. The minimum atomic E-state index is -0.417. The molecule has 1 atom stereocenters. The maximum atomic E-state index is 12.9. The van der Waals surface area contributed by atoms with Gasteiger partial charge in [0.1, 0.15) is 0 Å². The molecule has 0 saturated carbocycles. The largest absolute Gasteiger partial charge is 0.344 e. The van der Waals surface area contributed by atoms with E-state index in [0.717, 1.165) is 24.0 Å². The Kier molecular flexibility index (Phi) is 3.96. The number of hydrogen-bond donors (Lipinski definition) is 1. The van der Waals surface area contributed by atoms with Crippen molar-refractivity contribution >= 4 is 17.5 Å². The lowest BCUT2D eigenvalue weighted by atomic mass is 9.69. The molecular formula is C19H20ClNO. The monoisotopic (exact) mass is 313 g/mol. The number of halogens is 1. The summed E-state index contributed by atoms with van der Waals surface area (Å²) in [7, 11) is 0. The van der Waals surface area contributed by atoms with E-state index in [1.54, 1.807) is 0 Å². The molecule has 1 N–H and O–H groups in total. The number of benzene rings is 2.